The minimum absolute atomic E-state index is 0.0209. The largest absolute Gasteiger partial charge is 0.353 e. The molecule has 0 spiro atoms. The van der Waals surface area contributed by atoms with Gasteiger partial charge < -0.3 is 11.1 Å². The van der Waals surface area contributed by atoms with Crippen LogP contribution in [0.3, 0.4) is 0 Å². The van der Waals surface area contributed by atoms with Crippen LogP contribution in [0.15, 0.2) is 30.3 Å². The van der Waals surface area contributed by atoms with E-state index in [4.69, 9.17) is 5.73 Å². The maximum absolute atomic E-state index is 12.1. The molecule has 0 saturated carbocycles. The summed E-state index contributed by atoms with van der Waals surface area (Å²) in [5.74, 6) is 0.218. The van der Waals surface area contributed by atoms with Crippen LogP contribution < -0.4 is 11.1 Å². The molecule has 0 radical (unpaired) electrons. The highest BCUT2D eigenvalue weighted by Gasteiger charge is 2.23. The van der Waals surface area contributed by atoms with Crippen molar-refractivity contribution in [3.05, 3.63) is 35.9 Å². The number of nitrogens with one attached hydrogen (secondary N) is 1. The molecular weight excluding hydrogens is 224 g/mol. The molecule has 0 aliphatic carbocycles. The molecular formula is C15H24N2O. The van der Waals surface area contributed by atoms with E-state index in [1.807, 2.05) is 44.2 Å². The van der Waals surface area contributed by atoms with Crippen molar-refractivity contribution in [1.29, 1.82) is 0 Å². The van der Waals surface area contributed by atoms with Crippen molar-refractivity contribution in [2.75, 3.05) is 0 Å². The van der Waals surface area contributed by atoms with Gasteiger partial charge in [0.05, 0.1) is 5.92 Å². The average molecular weight is 248 g/mol. The van der Waals surface area contributed by atoms with Crippen molar-refractivity contribution in [3.8, 4) is 0 Å². The third-order valence-corrected chi connectivity index (χ3v) is 3.51. The molecule has 1 rings (SSSR count). The Balaban J connectivity index is 2.64. The Bertz CT molecular complexity index is 375. The maximum Gasteiger partial charge on any atom is 0.224 e. The molecule has 3 nitrogen and oxygen atoms in total. The monoisotopic (exact) mass is 248 g/mol. The first kappa shape index (κ1) is 14.7. The zero-order valence-electron chi connectivity index (χ0n) is 11.7. The molecule has 3 atom stereocenters. The average Bonchev–Trinajstić information content (AvgIpc) is 2.37. The van der Waals surface area contributed by atoms with Crippen LogP contribution in [-0.2, 0) is 4.79 Å². The van der Waals surface area contributed by atoms with E-state index in [9.17, 15) is 4.79 Å². The van der Waals surface area contributed by atoms with Crippen LogP contribution in [0.2, 0.25) is 0 Å². The molecule has 100 valence electrons. The Kier molecular flexibility index (Phi) is 5.35. The van der Waals surface area contributed by atoms with E-state index in [0.717, 1.165) is 5.56 Å². The third kappa shape index (κ3) is 3.84. The summed E-state index contributed by atoms with van der Waals surface area (Å²) in [7, 11) is 0. The summed E-state index contributed by atoms with van der Waals surface area (Å²) in [6.45, 7) is 8.07. The first-order valence-corrected chi connectivity index (χ1v) is 6.54. The lowest BCUT2D eigenvalue weighted by molar-refractivity contribution is -0.126. The predicted molar refractivity (Wildman–Crippen MR) is 75.0 cm³/mol. The van der Waals surface area contributed by atoms with Gasteiger partial charge in [-0.25, -0.2) is 0 Å². The van der Waals surface area contributed by atoms with Gasteiger partial charge in [0.2, 0.25) is 5.91 Å². The molecule has 0 fully saturated rings. The molecule has 0 aromatic heterocycles. The normalized spacial score (nSPS) is 16.1. The van der Waals surface area contributed by atoms with Crippen LogP contribution in [0.1, 0.15) is 39.3 Å². The number of benzene rings is 1. The third-order valence-electron chi connectivity index (χ3n) is 3.51. The number of carbonyl (C=O) groups excluding carboxylic acids is 1. The van der Waals surface area contributed by atoms with Crippen molar-refractivity contribution in [1.82, 2.24) is 5.32 Å². The number of hydrogen-bond donors (Lipinski definition) is 2. The fourth-order valence-electron chi connectivity index (χ4n) is 1.65. The van der Waals surface area contributed by atoms with Gasteiger partial charge >= 0.3 is 0 Å². The second-order valence-electron chi connectivity index (χ2n) is 5.27. The zero-order chi connectivity index (χ0) is 13.7. The predicted octanol–water partition coefficient (Wildman–Crippen LogP) is 2.48. The minimum atomic E-state index is -0.259. The smallest absolute Gasteiger partial charge is 0.224 e. The first-order valence-electron chi connectivity index (χ1n) is 6.54. The lowest BCUT2D eigenvalue weighted by Gasteiger charge is -2.24. The molecule has 0 saturated heterocycles. The number of rotatable bonds is 5. The fraction of sp³-hybridized carbons (Fsp3) is 0.533. The van der Waals surface area contributed by atoms with E-state index in [1.54, 1.807) is 0 Å². The van der Waals surface area contributed by atoms with Crippen LogP contribution in [0.25, 0.3) is 0 Å². The highest BCUT2D eigenvalue weighted by atomic mass is 16.1. The fourth-order valence-corrected chi connectivity index (χ4v) is 1.65. The van der Waals surface area contributed by atoms with Crippen LogP contribution in [0, 0.1) is 11.8 Å². The summed E-state index contributed by atoms with van der Waals surface area (Å²) in [6.07, 6.45) is 0. The Morgan fingerprint density at radius 1 is 1.11 bits per heavy atom. The lowest BCUT2D eigenvalue weighted by atomic mass is 9.94. The quantitative estimate of drug-likeness (QED) is 0.841. The Labute approximate surface area is 110 Å². The molecule has 18 heavy (non-hydrogen) atoms. The summed E-state index contributed by atoms with van der Waals surface area (Å²) < 4.78 is 0. The molecule has 0 aliphatic heterocycles. The summed E-state index contributed by atoms with van der Waals surface area (Å²) in [4.78, 5) is 12.1. The lowest BCUT2D eigenvalue weighted by Crippen LogP contribution is -2.42. The number of nitrogens with two attached hydrogens (primary N) is 1. The molecule has 1 aromatic carbocycles. The molecule has 3 unspecified atom stereocenters. The minimum Gasteiger partial charge on any atom is -0.353 e. The summed E-state index contributed by atoms with van der Waals surface area (Å²) in [6, 6.07) is 9.66. The van der Waals surface area contributed by atoms with E-state index >= 15 is 0 Å². The molecule has 0 bridgehead atoms. The van der Waals surface area contributed by atoms with Crippen molar-refractivity contribution in [2.45, 2.75) is 39.8 Å². The van der Waals surface area contributed by atoms with E-state index in [-0.39, 0.29) is 23.9 Å². The van der Waals surface area contributed by atoms with Gasteiger partial charge in [-0.05, 0) is 18.4 Å². The zero-order valence-corrected chi connectivity index (χ0v) is 11.7. The van der Waals surface area contributed by atoms with Crippen LogP contribution in [0.5, 0.6) is 0 Å². The highest BCUT2D eigenvalue weighted by molar-refractivity contribution is 5.79. The second-order valence-corrected chi connectivity index (χ2v) is 5.27. The van der Waals surface area contributed by atoms with Crippen LogP contribution >= 0.6 is 0 Å². The first-order chi connectivity index (χ1) is 8.43. The number of carbonyl (C=O) groups is 1. The van der Waals surface area contributed by atoms with E-state index in [2.05, 4.69) is 19.2 Å². The van der Waals surface area contributed by atoms with Crippen molar-refractivity contribution in [2.24, 2.45) is 17.6 Å². The van der Waals surface area contributed by atoms with Gasteiger partial charge in [0.25, 0.3) is 0 Å². The van der Waals surface area contributed by atoms with Crippen molar-refractivity contribution < 1.29 is 4.79 Å². The molecule has 0 aliphatic rings. The van der Waals surface area contributed by atoms with E-state index in [1.165, 1.54) is 0 Å². The molecule has 1 amide bonds. The number of hydrogen-bond acceptors (Lipinski definition) is 2. The van der Waals surface area contributed by atoms with Gasteiger partial charge in [0, 0.05) is 12.1 Å². The topological polar surface area (TPSA) is 55.1 Å². The summed E-state index contributed by atoms with van der Waals surface area (Å²) >= 11 is 0. The van der Waals surface area contributed by atoms with Crippen LogP contribution in [0.4, 0.5) is 0 Å². The summed E-state index contributed by atoms with van der Waals surface area (Å²) in [5.41, 5.74) is 7.13. The SMILES string of the molecule is CC(C)C(C)NC(=O)C(C)C(N)c1ccccc1. The molecule has 3 heteroatoms. The standard InChI is InChI=1S/C15H24N2O/c1-10(2)12(4)17-15(18)11(3)14(16)13-8-6-5-7-9-13/h5-12,14H,16H2,1-4H3,(H,17,18). The Morgan fingerprint density at radius 2 is 1.67 bits per heavy atom. The van der Waals surface area contributed by atoms with Gasteiger partial charge in [-0.15, -0.1) is 0 Å². The van der Waals surface area contributed by atoms with Crippen LogP contribution in [-0.4, -0.2) is 11.9 Å². The van der Waals surface area contributed by atoms with Gasteiger partial charge in [0.1, 0.15) is 0 Å². The van der Waals surface area contributed by atoms with Gasteiger partial charge in [0.15, 0.2) is 0 Å². The van der Waals surface area contributed by atoms with Crippen molar-refractivity contribution >= 4 is 5.91 Å². The maximum atomic E-state index is 12.1. The molecule has 0 heterocycles. The van der Waals surface area contributed by atoms with E-state index < -0.39 is 0 Å². The van der Waals surface area contributed by atoms with Crippen molar-refractivity contribution in [3.63, 3.8) is 0 Å². The highest BCUT2D eigenvalue weighted by Crippen LogP contribution is 2.19. The second kappa shape index (κ2) is 6.55. The van der Waals surface area contributed by atoms with Gasteiger partial charge in [-0.3, -0.25) is 4.79 Å². The van der Waals surface area contributed by atoms with E-state index in [0.29, 0.717) is 5.92 Å². The Hall–Kier alpha value is -1.35. The number of amides is 1. The summed E-state index contributed by atoms with van der Waals surface area (Å²) in [5, 5.41) is 3.01. The molecule has 1 aromatic rings. The molecule has 3 N–H and O–H groups in total. The van der Waals surface area contributed by atoms with Gasteiger partial charge in [-0.1, -0.05) is 51.1 Å². The van der Waals surface area contributed by atoms with Gasteiger partial charge in [-0.2, -0.15) is 0 Å². The Morgan fingerprint density at radius 3 is 2.17 bits per heavy atom.